The van der Waals surface area contributed by atoms with Gasteiger partial charge in [-0.25, -0.2) is 4.98 Å². The van der Waals surface area contributed by atoms with Crippen LogP contribution in [0.1, 0.15) is 26.0 Å². The van der Waals surface area contributed by atoms with Crippen molar-refractivity contribution in [2.24, 2.45) is 0 Å². The molecule has 0 fully saturated rings. The van der Waals surface area contributed by atoms with E-state index in [-0.39, 0.29) is 18.9 Å². The number of halogens is 3. The molecule has 0 saturated carbocycles. The Bertz CT molecular complexity index is 634. The van der Waals surface area contributed by atoms with E-state index in [1.54, 1.807) is 13.8 Å². The molecule has 0 aliphatic rings. The zero-order chi connectivity index (χ0) is 19.7. The first-order valence-corrected chi connectivity index (χ1v) is 7.58. The Labute approximate surface area is 147 Å². The molecule has 1 N–H and O–H groups in total. The van der Waals surface area contributed by atoms with E-state index >= 15 is 0 Å². The molecule has 0 aliphatic carbocycles. The minimum absolute atomic E-state index is 0.00302. The maximum absolute atomic E-state index is 12.6. The number of amides is 1. The zero-order valence-electron chi connectivity index (χ0n) is 14.1. The highest BCUT2D eigenvalue weighted by atomic mass is 19.4. The predicted molar refractivity (Wildman–Crippen MR) is 82.6 cm³/mol. The number of hydrogen-bond acceptors (Lipinski definition) is 7. The Morgan fingerprint density at radius 1 is 1.12 bits per heavy atom. The van der Waals surface area contributed by atoms with Gasteiger partial charge in [-0.15, -0.1) is 0 Å². The summed E-state index contributed by atoms with van der Waals surface area (Å²) in [7, 11) is 0. The fourth-order valence-corrected chi connectivity index (χ4v) is 1.78. The highest BCUT2D eigenvalue weighted by Crippen LogP contribution is 2.28. The predicted octanol–water partition coefficient (Wildman–Crippen LogP) is 1.45. The van der Waals surface area contributed by atoms with Crippen molar-refractivity contribution in [3.8, 4) is 0 Å². The third-order valence-electron chi connectivity index (χ3n) is 2.81. The van der Waals surface area contributed by atoms with Crippen molar-refractivity contribution >= 4 is 23.5 Å². The number of nitrogens with one attached hydrogen (secondary N) is 1. The van der Waals surface area contributed by atoms with Crippen LogP contribution in [-0.4, -0.2) is 42.6 Å². The van der Waals surface area contributed by atoms with Gasteiger partial charge < -0.3 is 9.47 Å². The summed E-state index contributed by atoms with van der Waals surface area (Å²) >= 11 is 0. The monoisotopic (exact) mass is 377 g/mol. The van der Waals surface area contributed by atoms with Gasteiger partial charge in [-0.2, -0.15) is 13.2 Å². The fourth-order valence-electron chi connectivity index (χ4n) is 1.78. The average molecular weight is 377 g/mol. The van der Waals surface area contributed by atoms with Crippen LogP contribution >= 0.6 is 0 Å². The quantitative estimate of drug-likeness (QED) is 0.416. The normalized spacial score (nSPS) is 10.8. The second-order valence-electron chi connectivity index (χ2n) is 4.81. The maximum atomic E-state index is 12.6. The molecule has 0 spiro atoms. The zero-order valence-corrected chi connectivity index (χ0v) is 14.1. The number of anilines is 1. The van der Waals surface area contributed by atoms with Crippen molar-refractivity contribution in [1.82, 2.24) is 10.4 Å². The first-order chi connectivity index (χ1) is 12.2. The molecule has 0 saturated heterocycles. The van der Waals surface area contributed by atoms with E-state index in [2.05, 4.69) is 15.1 Å². The van der Waals surface area contributed by atoms with E-state index in [0.717, 1.165) is 17.3 Å². The first kappa shape index (κ1) is 21.2. The van der Waals surface area contributed by atoms with Crippen molar-refractivity contribution in [3.05, 3.63) is 24.0 Å². The Hall–Kier alpha value is -2.85. The SMILES string of the molecule is CCOC(=O)CC(=O)NN(CC(=O)OCC)c1ccc(C(F)(F)F)nc1. The van der Waals surface area contributed by atoms with E-state index in [4.69, 9.17) is 4.74 Å². The van der Waals surface area contributed by atoms with Gasteiger partial charge in [0, 0.05) is 0 Å². The number of carbonyl (C=O) groups excluding carboxylic acids is 3. The van der Waals surface area contributed by atoms with Crippen LogP contribution in [0, 0.1) is 0 Å². The number of esters is 2. The molecule has 0 bridgehead atoms. The van der Waals surface area contributed by atoms with Gasteiger partial charge in [-0.3, -0.25) is 24.8 Å². The minimum atomic E-state index is -4.63. The number of carbonyl (C=O) groups is 3. The van der Waals surface area contributed by atoms with Crippen LogP contribution in [0.15, 0.2) is 18.3 Å². The van der Waals surface area contributed by atoms with Gasteiger partial charge in [-0.05, 0) is 26.0 Å². The van der Waals surface area contributed by atoms with E-state index in [9.17, 15) is 27.6 Å². The molecule has 1 amide bonds. The fraction of sp³-hybridized carbons (Fsp3) is 0.467. The highest BCUT2D eigenvalue weighted by Gasteiger charge is 2.32. The third-order valence-corrected chi connectivity index (χ3v) is 2.81. The lowest BCUT2D eigenvalue weighted by Gasteiger charge is -2.24. The summed E-state index contributed by atoms with van der Waals surface area (Å²) in [5, 5.41) is 0.937. The number of rotatable bonds is 8. The van der Waals surface area contributed by atoms with Gasteiger partial charge in [0.25, 0.3) is 0 Å². The Morgan fingerprint density at radius 2 is 1.73 bits per heavy atom. The topological polar surface area (TPSA) is 97.8 Å². The molecular weight excluding hydrogens is 359 g/mol. The third kappa shape index (κ3) is 6.95. The van der Waals surface area contributed by atoms with E-state index in [1.165, 1.54) is 0 Å². The van der Waals surface area contributed by atoms with Crippen molar-refractivity contribution in [3.63, 3.8) is 0 Å². The van der Waals surface area contributed by atoms with Crippen LogP contribution in [0.4, 0.5) is 18.9 Å². The van der Waals surface area contributed by atoms with Gasteiger partial charge in [0.1, 0.15) is 18.7 Å². The number of nitrogens with zero attached hydrogens (tertiary/aromatic N) is 2. The van der Waals surface area contributed by atoms with Gasteiger partial charge in [0.2, 0.25) is 5.91 Å². The number of pyridine rings is 1. The molecular formula is C15H18F3N3O5. The number of aromatic nitrogens is 1. The molecule has 0 aromatic carbocycles. The lowest BCUT2D eigenvalue weighted by atomic mass is 10.3. The summed E-state index contributed by atoms with van der Waals surface area (Å²) in [6.45, 7) is 2.81. The van der Waals surface area contributed by atoms with Crippen LogP contribution in [-0.2, 0) is 30.0 Å². The van der Waals surface area contributed by atoms with Crippen molar-refractivity contribution in [2.75, 3.05) is 24.8 Å². The summed E-state index contributed by atoms with van der Waals surface area (Å²) in [6.07, 6.45) is -4.41. The summed E-state index contributed by atoms with van der Waals surface area (Å²) in [5.74, 6) is -2.33. The molecule has 1 rings (SSSR count). The van der Waals surface area contributed by atoms with Gasteiger partial charge in [0.05, 0.1) is 25.1 Å². The molecule has 1 heterocycles. The number of hydrogen-bond donors (Lipinski definition) is 1. The summed E-state index contributed by atoms with van der Waals surface area (Å²) in [4.78, 5) is 38.1. The summed E-state index contributed by atoms with van der Waals surface area (Å²) in [5.41, 5.74) is 1.12. The van der Waals surface area contributed by atoms with E-state index in [1.807, 2.05) is 0 Å². The first-order valence-electron chi connectivity index (χ1n) is 7.58. The van der Waals surface area contributed by atoms with Crippen LogP contribution in [0.25, 0.3) is 0 Å². The van der Waals surface area contributed by atoms with Gasteiger partial charge >= 0.3 is 18.1 Å². The molecule has 0 atom stereocenters. The second-order valence-corrected chi connectivity index (χ2v) is 4.81. The lowest BCUT2D eigenvalue weighted by Crippen LogP contribution is -2.46. The molecule has 144 valence electrons. The smallest absolute Gasteiger partial charge is 0.433 e. The molecule has 1 aromatic heterocycles. The molecule has 1 aromatic rings. The minimum Gasteiger partial charge on any atom is -0.466 e. The Morgan fingerprint density at radius 3 is 2.23 bits per heavy atom. The lowest BCUT2D eigenvalue weighted by molar-refractivity contribution is -0.146. The number of hydrazine groups is 1. The number of alkyl halides is 3. The molecule has 0 unspecified atom stereocenters. The Kier molecular flexibility index (Phi) is 7.81. The molecule has 26 heavy (non-hydrogen) atoms. The standard InChI is InChI=1S/C15H18F3N3O5/c1-3-25-13(23)7-12(22)20-21(9-14(24)26-4-2)10-5-6-11(19-8-10)15(16,17)18/h5-6,8H,3-4,7,9H2,1-2H3,(H,20,22). The van der Waals surface area contributed by atoms with Crippen LogP contribution in [0.3, 0.4) is 0 Å². The largest absolute Gasteiger partial charge is 0.466 e. The average Bonchev–Trinajstić information content (AvgIpc) is 2.54. The molecule has 0 aliphatic heterocycles. The van der Waals surface area contributed by atoms with Crippen LogP contribution in [0.5, 0.6) is 0 Å². The number of ether oxygens (including phenoxy) is 2. The van der Waals surface area contributed by atoms with Crippen molar-refractivity contribution in [1.29, 1.82) is 0 Å². The summed E-state index contributed by atoms with van der Waals surface area (Å²) in [6, 6.07) is 1.73. The maximum Gasteiger partial charge on any atom is 0.433 e. The van der Waals surface area contributed by atoms with Gasteiger partial charge in [-0.1, -0.05) is 0 Å². The Balaban J connectivity index is 2.92. The van der Waals surface area contributed by atoms with Crippen LogP contribution in [0.2, 0.25) is 0 Å². The van der Waals surface area contributed by atoms with Crippen LogP contribution < -0.4 is 10.4 Å². The molecule has 0 radical (unpaired) electrons. The highest BCUT2D eigenvalue weighted by molar-refractivity contribution is 5.95. The summed E-state index contributed by atoms with van der Waals surface area (Å²) < 4.78 is 47.1. The van der Waals surface area contributed by atoms with Gasteiger partial charge in [0.15, 0.2) is 0 Å². The molecule has 11 heteroatoms. The second kappa shape index (κ2) is 9.59. The van der Waals surface area contributed by atoms with Crippen molar-refractivity contribution in [2.45, 2.75) is 26.4 Å². The van der Waals surface area contributed by atoms with E-state index < -0.39 is 42.7 Å². The molecule has 8 nitrogen and oxygen atoms in total. The van der Waals surface area contributed by atoms with Crippen molar-refractivity contribution < 1.29 is 37.0 Å². The van der Waals surface area contributed by atoms with E-state index in [0.29, 0.717) is 6.07 Å².